The molecule has 1 aliphatic rings. The maximum Gasteiger partial charge on any atom is 0.256 e. The van der Waals surface area contributed by atoms with Crippen LogP contribution in [0.5, 0.6) is 0 Å². The first-order chi connectivity index (χ1) is 11.5. The van der Waals surface area contributed by atoms with Gasteiger partial charge in [0, 0.05) is 48.7 Å². The van der Waals surface area contributed by atoms with E-state index in [0.29, 0.717) is 5.56 Å². The quantitative estimate of drug-likeness (QED) is 0.924. The number of benzene rings is 1. The lowest BCUT2D eigenvalue weighted by Gasteiger charge is -2.32. The molecule has 1 aromatic heterocycles. The van der Waals surface area contributed by atoms with Crippen LogP contribution in [-0.4, -0.2) is 48.9 Å². The molecule has 0 radical (unpaired) electrons. The second-order valence-corrected chi connectivity index (χ2v) is 7.72. The molecule has 1 aliphatic heterocycles. The molecule has 24 heavy (non-hydrogen) atoms. The molecule has 0 unspecified atom stereocenters. The Morgan fingerprint density at radius 2 is 1.79 bits per heavy atom. The maximum atomic E-state index is 12.5. The van der Waals surface area contributed by atoms with Gasteiger partial charge in [-0.25, -0.2) is 0 Å². The number of aryl methyl sites for hydroxylation is 1. The number of rotatable bonds is 4. The average molecular weight is 343 g/mol. The van der Waals surface area contributed by atoms with Crippen molar-refractivity contribution in [2.75, 3.05) is 38.5 Å². The van der Waals surface area contributed by atoms with E-state index in [2.05, 4.69) is 36.0 Å². The molecular weight excluding hydrogens is 318 g/mol. The summed E-state index contributed by atoms with van der Waals surface area (Å²) in [7, 11) is 2.17. The SMILES string of the molecule is Cc1sc(NC(=O)c2ccccc2)c(CN2CCN(C)CC2)c1C. The molecule has 4 nitrogen and oxygen atoms in total. The van der Waals surface area contributed by atoms with Gasteiger partial charge in [-0.3, -0.25) is 9.69 Å². The van der Waals surface area contributed by atoms with Crippen LogP contribution in [0.4, 0.5) is 5.00 Å². The number of anilines is 1. The van der Waals surface area contributed by atoms with Crippen molar-refractivity contribution < 1.29 is 4.79 Å². The third-order valence-corrected chi connectivity index (χ3v) is 5.92. The summed E-state index contributed by atoms with van der Waals surface area (Å²) in [5.41, 5.74) is 3.28. The Morgan fingerprint density at radius 3 is 2.46 bits per heavy atom. The highest BCUT2D eigenvalue weighted by Gasteiger charge is 2.20. The molecule has 1 saturated heterocycles. The molecule has 1 fully saturated rings. The Bertz CT molecular complexity index is 703. The zero-order chi connectivity index (χ0) is 17.1. The van der Waals surface area contributed by atoms with Gasteiger partial charge >= 0.3 is 0 Å². The number of carbonyl (C=O) groups excluding carboxylic acids is 1. The molecule has 0 atom stereocenters. The van der Waals surface area contributed by atoms with Crippen LogP contribution in [0.1, 0.15) is 26.4 Å². The third-order valence-electron chi connectivity index (χ3n) is 4.75. The minimum atomic E-state index is -0.0310. The topological polar surface area (TPSA) is 35.6 Å². The van der Waals surface area contributed by atoms with Crippen LogP contribution in [0.15, 0.2) is 30.3 Å². The normalized spacial score (nSPS) is 16.3. The van der Waals surface area contributed by atoms with E-state index in [0.717, 1.165) is 37.7 Å². The summed E-state index contributed by atoms with van der Waals surface area (Å²) in [5, 5.41) is 4.13. The van der Waals surface area contributed by atoms with Crippen molar-refractivity contribution in [3.8, 4) is 0 Å². The summed E-state index contributed by atoms with van der Waals surface area (Å²) in [6.07, 6.45) is 0. The lowest BCUT2D eigenvalue weighted by Crippen LogP contribution is -2.44. The fraction of sp³-hybridized carbons (Fsp3) is 0.421. The van der Waals surface area contributed by atoms with Crippen LogP contribution in [0.2, 0.25) is 0 Å². The van der Waals surface area contributed by atoms with Gasteiger partial charge in [0.1, 0.15) is 5.00 Å². The second-order valence-electron chi connectivity index (χ2n) is 6.49. The molecule has 0 saturated carbocycles. The van der Waals surface area contributed by atoms with E-state index < -0.39 is 0 Å². The average Bonchev–Trinajstić information content (AvgIpc) is 2.85. The number of piperazine rings is 1. The van der Waals surface area contributed by atoms with Gasteiger partial charge in [0.15, 0.2) is 0 Å². The second kappa shape index (κ2) is 7.47. The monoisotopic (exact) mass is 343 g/mol. The molecule has 0 bridgehead atoms. The van der Waals surface area contributed by atoms with Crippen molar-refractivity contribution in [3.05, 3.63) is 51.9 Å². The first-order valence-electron chi connectivity index (χ1n) is 8.40. The predicted molar refractivity (Wildman–Crippen MR) is 101 cm³/mol. The van der Waals surface area contributed by atoms with Gasteiger partial charge in [-0.1, -0.05) is 18.2 Å². The Hall–Kier alpha value is -1.69. The van der Waals surface area contributed by atoms with Crippen LogP contribution >= 0.6 is 11.3 Å². The first kappa shape index (κ1) is 17.1. The Labute approximate surface area is 148 Å². The van der Waals surface area contributed by atoms with Crippen molar-refractivity contribution in [2.24, 2.45) is 0 Å². The van der Waals surface area contributed by atoms with E-state index in [1.54, 1.807) is 11.3 Å². The summed E-state index contributed by atoms with van der Waals surface area (Å²) in [4.78, 5) is 18.6. The standard InChI is InChI=1S/C19H25N3OS/c1-14-15(2)24-19(20-18(23)16-7-5-4-6-8-16)17(14)13-22-11-9-21(3)10-12-22/h4-8H,9-13H2,1-3H3,(H,20,23). The van der Waals surface area contributed by atoms with Gasteiger partial charge in [0.2, 0.25) is 0 Å². The highest BCUT2D eigenvalue weighted by Crippen LogP contribution is 2.34. The fourth-order valence-electron chi connectivity index (χ4n) is 2.96. The lowest BCUT2D eigenvalue weighted by molar-refractivity contribution is 0.102. The van der Waals surface area contributed by atoms with Crippen LogP contribution < -0.4 is 5.32 Å². The van der Waals surface area contributed by atoms with E-state index in [9.17, 15) is 4.79 Å². The number of amides is 1. The van der Waals surface area contributed by atoms with Gasteiger partial charge < -0.3 is 10.2 Å². The van der Waals surface area contributed by atoms with Crippen molar-refractivity contribution >= 4 is 22.2 Å². The van der Waals surface area contributed by atoms with Gasteiger partial charge in [-0.05, 0) is 38.6 Å². The van der Waals surface area contributed by atoms with Gasteiger partial charge in [0.25, 0.3) is 5.91 Å². The zero-order valence-electron chi connectivity index (χ0n) is 14.6. The molecule has 128 valence electrons. The zero-order valence-corrected chi connectivity index (χ0v) is 15.4. The molecular formula is C19H25N3OS. The van der Waals surface area contributed by atoms with E-state index in [1.807, 2.05) is 30.3 Å². The van der Waals surface area contributed by atoms with Crippen LogP contribution in [0.3, 0.4) is 0 Å². The van der Waals surface area contributed by atoms with Crippen molar-refractivity contribution in [1.29, 1.82) is 0 Å². The molecule has 1 N–H and O–H groups in total. The molecule has 3 rings (SSSR count). The number of thiophene rings is 1. The van der Waals surface area contributed by atoms with Crippen LogP contribution in [-0.2, 0) is 6.54 Å². The highest BCUT2D eigenvalue weighted by molar-refractivity contribution is 7.16. The number of hydrogen-bond acceptors (Lipinski definition) is 4. The Morgan fingerprint density at radius 1 is 1.12 bits per heavy atom. The van der Waals surface area contributed by atoms with Crippen molar-refractivity contribution in [1.82, 2.24) is 9.80 Å². The van der Waals surface area contributed by atoms with Gasteiger partial charge in [-0.15, -0.1) is 11.3 Å². The van der Waals surface area contributed by atoms with Crippen molar-refractivity contribution in [3.63, 3.8) is 0 Å². The Kier molecular flexibility index (Phi) is 5.33. The molecule has 0 spiro atoms. The number of nitrogens with one attached hydrogen (secondary N) is 1. The number of carbonyl (C=O) groups is 1. The predicted octanol–water partition coefficient (Wildman–Crippen LogP) is 3.36. The molecule has 2 aromatic rings. The number of likely N-dealkylation sites (N-methyl/N-ethyl adjacent to an activating group) is 1. The molecule has 0 aliphatic carbocycles. The summed E-state index contributed by atoms with van der Waals surface area (Å²) in [6.45, 7) is 9.57. The largest absolute Gasteiger partial charge is 0.313 e. The molecule has 2 heterocycles. The van der Waals surface area contributed by atoms with Crippen LogP contribution in [0.25, 0.3) is 0 Å². The third kappa shape index (κ3) is 3.86. The van der Waals surface area contributed by atoms with Gasteiger partial charge in [-0.2, -0.15) is 0 Å². The summed E-state index contributed by atoms with van der Waals surface area (Å²) in [5.74, 6) is -0.0310. The first-order valence-corrected chi connectivity index (χ1v) is 9.22. The van der Waals surface area contributed by atoms with E-state index in [-0.39, 0.29) is 5.91 Å². The lowest BCUT2D eigenvalue weighted by atomic mass is 10.1. The van der Waals surface area contributed by atoms with Gasteiger partial charge in [0.05, 0.1) is 0 Å². The molecule has 1 amide bonds. The minimum Gasteiger partial charge on any atom is -0.313 e. The molecule has 5 heteroatoms. The highest BCUT2D eigenvalue weighted by atomic mass is 32.1. The number of hydrogen-bond donors (Lipinski definition) is 1. The van der Waals surface area contributed by atoms with Crippen LogP contribution in [0, 0.1) is 13.8 Å². The van der Waals surface area contributed by atoms with E-state index in [4.69, 9.17) is 0 Å². The minimum absolute atomic E-state index is 0.0310. The maximum absolute atomic E-state index is 12.5. The van der Waals surface area contributed by atoms with E-state index >= 15 is 0 Å². The smallest absolute Gasteiger partial charge is 0.256 e. The summed E-state index contributed by atoms with van der Waals surface area (Å²) in [6, 6.07) is 9.41. The summed E-state index contributed by atoms with van der Waals surface area (Å²) >= 11 is 1.68. The molecule has 1 aromatic carbocycles. The Balaban J connectivity index is 1.76. The summed E-state index contributed by atoms with van der Waals surface area (Å²) < 4.78 is 0. The fourth-order valence-corrected chi connectivity index (χ4v) is 4.03. The number of nitrogens with zero attached hydrogens (tertiary/aromatic N) is 2. The van der Waals surface area contributed by atoms with E-state index in [1.165, 1.54) is 16.0 Å². The van der Waals surface area contributed by atoms with Crippen molar-refractivity contribution in [2.45, 2.75) is 20.4 Å².